The zero-order chi connectivity index (χ0) is 10.8. The molecule has 1 aromatic heterocycles. The van der Waals surface area contributed by atoms with Crippen molar-refractivity contribution in [2.75, 3.05) is 7.05 Å². The Morgan fingerprint density at radius 2 is 2.00 bits per heavy atom. The van der Waals surface area contributed by atoms with E-state index in [1.165, 1.54) is 5.56 Å². The van der Waals surface area contributed by atoms with Crippen LogP contribution in [0.5, 0.6) is 0 Å². The highest BCUT2D eigenvalue weighted by Gasteiger charge is 2.17. The molecule has 1 N–H and O–H groups in total. The molecule has 0 aromatic carbocycles. The molecule has 1 rings (SSSR count). The first kappa shape index (κ1) is 11.1. The van der Waals surface area contributed by atoms with Gasteiger partial charge in [-0.1, -0.05) is 20.8 Å². The molecular formula is C11H19N3. The zero-order valence-corrected chi connectivity index (χ0v) is 9.68. The lowest BCUT2D eigenvalue weighted by molar-refractivity contribution is 0.540. The van der Waals surface area contributed by atoms with Gasteiger partial charge in [0.15, 0.2) is 0 Å². The van der Waals surface area contributed by atoms with Crippen LogP contribution in [0.15, 0.2) is 6.20 Å². The maximum absolute atomic E-state index is 4.51. The molecule has 0 radical (unpaired) electrons. The summed E-state index contributed by atoms with van der Waals surface area (Å²) >= 11 is 0. The molecule has 0 aliphatic carbocycles. The van der Waals surface area contributed by atoms with Gasteiger partial charge >= 0.3 is 0 Å². The van der Waals surface area contributed by atoms with Gasteiger partial charge in [-0.2, -0.15) is 0 Å². The first-order valence-corrected chi connectivity index (χ1v) is 4.92. The molecule has 0 saturated heterocycles. The average molecular weight is 193 g/mol. The summed E-state index contributed by atoms with van der Waals surface area (Å²) in [5.74, 6) is 0.912. The zero-order valence-electron chi connectivity index (χ0n) is 9.68. The predicted octanol–water partition coefficient (Wildman–Crippen LogP) is 1.80. The molecule has 0 amide bonds. The van der Waals surface area contributed by atoms with Crippen LogP contribution in [0.3, 0.4) is 0 Å². The highest BCUT2D eigenvalue weighted by atomic mass is 14.9. The summed E-state index contributed by atoms with van der Waals surface area (Å²) in [5.41, 5.74) is 2.27. The van der Waals surface area contributed by atoms with Gasteiger partial charge in [-0.25, -0.2) is 9.97 Å². The lowest BCUT2D eigenvalue weighted by Gasteiger charge is -2.17. The molecule has 1 heterocycles. The Balaban J connectivity index is 3.01. The fourth-order valence-corrected chi connectivity index (χ4v) is 1.22. The minimum absolute atomic E-state index is 0.0307. The third-order valence-electron chi connectivity index (χ3n) is 2.12. The van der Waals surface area contributed by atoms with Crippen molar-refractivity contribution in [3.05, 3.63) is 23.3 Å². The van der Waals surface area contributed by atoms with Crippen LogP contribution in [0, 0.1) is 6.92 Å². The van der Waals surface area contributed by atoms with Gasteiger partial charge in [0, 0.05) is 29.4 Å². The quantitative estimate of drug-likeness (QED) is 0.778. The molecular weight excluding hydrogens is 174 g/mol. The van der Waals surface area contributed by atoms with Crippen molar-refractivity contribution >= 4 is 0 Å². The van der Waals surface area contributed by atoms with E-state index in [1.807, 2.05) is 20.2 Å². The van der Waals surface area contributed by atoms with E-state index in [1.54, 1.807) is 0 Å². The van der Waals surface area contributed by atoms with Crippen molar-refractivity contribution in [3.8, 4) is 0 Å². The topological polar surface area (TPSA) is 37.8 Å². The molecule has 3 heteroatoms. The summed E-state index contributed by atoms with van der Waals surface area (Å²) < 4.78 is 0. The van der Waals surface area contributed by atoms with Crippen LogP contribution in [-0.4, -0.2) is 17.0 Å². The molecule has 0 bridgehead atoms. The second kappa shape index (κ2) is 4.05. The SMILES string of the molecule is CNCc1cnc(C(C)(C)C)nc1C. The molecule has 0 spiro atoms. The smallest absolute Gasteiger partial charge is 0.133 e. The first-order valence-electron chi connectivity index (χ1n) is 4.92. The largest absolute Gasteiger partial charge is 0.316 e. The Morgan fingerprint density at radius 1 is 1.36 bits per heavy atom. The molecule has 3 nitrogen and oxygen atoms in total. The van der Waals surface area contributed by atoms with E-state index in [0.29, 0.717) is 0 Å². The van der Waals surface area contributed by atoms with Crippen LogP contribution >= 0.6 is 0 Å². The Bertz CT molecular complexity index is 313. The second-order valence-corrected chi connectivity index (χ2v) is 4.58. The van der Waals surface area contributed by atoms with Gasteiger partial charge in [0.05, 0.1) is 0 Å². The molecule has 0 aliphatic rings. The van der Waals surface area contributed by atoms with E-state index in [9.17, 15) is 0 Å². The van der Waals surface area contributed by atoms with Crippen molar-refractivity contribution in [1.82, 2.24) is 15.3 Å². The lowest BCUT2D eigenvalue weighted by Crippen LogP contribution is -2.18. The fourth-order valence-electron chi connectivity index (χ4n) is 1.22. The Kier molecular flexibility index (Phi) is 3.21. The summed E-state index contributed by atoms with van der Waals surface area (Å²) in [5, 5.41) is 3.10. The molecule has 1 aromatic rings. The van der Waals surface area contributed by atoms with Crippen LogP contribution in [0.4, 0.5) is 0 Å². The maximum Gasteiger partial charge on any atom is 0.133 e. The van der Waals surface area contributed by atoms with E-state index in [4.69, 9.17) is 0 Å². The number of nitrogens with one attached hydrogen (secondary N) is 1. The number of aryl methyl sites for hydroxylation is 1. The van der Waals surface area contributed by atoms with Crippen molar-refractivity contribution < 1.29 is 0 Å². The van der Waals surface area contributed by atoms with Gasteiger partial charge in [-0.05, 0) is 14.0 Å². The first-order chi connectivity index (χ1) is 6.45. The van der Waals surface area contributed by atoms with E-state index >= 15 is 0 Å². The van der Waals surface area contributed by atoms with Crippen LogP contribution in [0.2, 0.25) is 0 Å². The van der Waals surface area contributed by atoms with Crippen LogP contribution in [0.1, 0.15) is 37.9 Å². The van der Waals surface area contributed by atoms with Gasteiger partial charge in [-0.3, -0.25) is 0 Å². The van der Waals surface area contributed by atoms with Crippen LogP contribution < -0.4 is 5.32 Å². The van der Waals surface area contributed by atoms with Crippen molar-refractivity contribution in [1.29, 1.82) is 0 Å². The minimum Gasteiger partial charge on any atom is -0.316 e. The molecule has 14 heavy (non-hydrogen) atoms. The number of aromatic nitrogens is 2. The van der Waals surface area contributed by atoms with Crippen LogP contribution in [-0.2, 0) is 12.0 Å². The summed E-state index contributed by atoms with van der Waals surface area (Å²) in [6.07, 6.45) is 1.92. The Labute approximate surface area is 86.0 Å². The summed E-state index contributed by atoms with van der Waals surface area (Å²) in [6.45, 7) is 9.23. The minimum atomic E-state index is 0.0307. The highest BCUT2D eigenvalue weighted by Crippen LogP contribution is 2.18. The van der Waals surface area contributed by atoms with Crippen molar-refractivity contribution in [3.63, 3.8) is 0 Å². The number of hydrogen-bond donors (Lipinski definition) is 1. The molecule has 0 atom stereocenters. The van der Waals surface area contributed by atoms with Gasteiger partial charge in [0.25, 0.3) is 0 Å². The van der Waals surface area contributed by atoms with Gasteiger partial charge in [0.1, 0.15) is 5.82 Å². The second-order valence-electron chi connectivity index (χ2n) is 4.58. The number of rotatable bonds is 2. The molecule has 0 aliphatic heterocycles. The van der Waals surface area contributed by atoms with E-state index < -0.39 is 0 Å². The van der Waals surface area contributed by atoms with E-state index in [2.05, 4.69) is 36.1 Å². The Morgan fingerprint density at radius 3 is 2.43 bits per heavy atom. The van der Waals surface area contributed by atoms with E-state index in [-0.39, 0.29) is 5.41 Å². The van der Waals surface area contributed by atoms with E-state index in [0.717, 1.165) is 18.1 Å². The number of hydrogen-bond acceptors (Lipinski definition) is 3. The Hall–Kier alpha value is -0.960. The fraction of sp³-hybridized carbons (Fsp3) is 0.636. The molecule has 0 fully saturated rings. The molecule has 78 valence electrons. The standard InChI is InChI=1S/C11H19N3/c1-8-9(6-12-5)7-13-10(14-8)11(2,3)4/h7,12H,6H2,1-5H3. The van der Waals surface area contributed by atoms with Gasteiger partial charge in [-0.15, -0.1) is 0 Å². The third kappa shape index (κ3) is 2.51. The summed E-state index contributed by atoms with van der Waals surface area (Å²) in [6, 6.07) is 0. The predicted molar refractivity (Wildman–Crippen MR) is 58.2 cm³/mol. The third-order valence-corrected chi connectivity index (χ3v) is 2.12. The summed E-state index contributed by atoms with van der Waals surface area (Å²) in [7, 11) is 1.93. The summed E-state index contributed by atoms with van der Waals surface area (Å²) in [4.78, 5) is 8.89. The lowest BCUT2D eigenvalue weighted by atomic mass is 9.95. The van der Waals surface area contributed by atoms with Crippen molar-refractivity contribution in [2.24, 2.45) is 0 Å². The molecule has 0 saturated carbocycles. The molecule has 0 unspecified atom stereocenters. The number of nitrogens with zero attached hydrogens (tertiary/aromatic N) is 2. The normalized spacial score (nSPS) is 11.8. The van der Waals surface area contributed by atoms with Gasteiger partial charge < -0.3 is 5.32 Å². The average Bonchev–Trinajstić information content (AvgIpc) is 2.07. The van der Waals surface area contributed by atoms with Crippen LogP contribution in [0.25, 0.3) is 0 Å². The monoisotopic (exact) mass is 193 g/mol. The van der Waals surface area contributed by atoms with Gasteiger partial charge in [0.2, 0.25) is 0 Å². The highest BCUT2D eigenvalue weighted by molar-refractivity contribution is 5.18. The van der Waals surface area contributed by atoms with Crippen molar-refractivity contribution in [2.45, 2.75) is 39.7 Å². The maximum atomic E-state index is 4.51.